The first-order valence-corrected chi connectivity index (χ1v) is 5.03. The Morgan fingerprint density at radius 1 is 1.07 bits per heavy atom. The molecule has 1 heterocycles. The van der Waals surface area contributed by atoms with Gasteiger partial charge in [-0.1, -0.05) is 18.2 Å². The molecule has 0 spiro atoms. The average molecular weight is 198 g/mol. The molecule has 15 heavy (non-hydrogen) atoms. The lowest BCUT2D eigenvalue weighted by Gasteiger charge is -2.07. The van der Waals surface area contributed by atoms with Crippen LogP contribution in [0.5, 0.6) is 0 Å². The van der Waals surface area contributed by atoms with Gasteiger partial charge in [-0.3, -0.25) is 4.98 Å². The summed E-state index contributed by atoms with van der Waals surface area (Å²) in [4.78, 5) is 4.00. The van der Waals surface area contributed by atoms with Gasteiger partial charge in [0.1, 0.15) is 0 Å². The second-order valence-corrected chi connectivity index (χ2v) is 3.65. The van der Waals surface area contributed by atoms with Crippen molar-refractivity contribution < 1.29 is 0 Å². The van der Waals surface area contributed by atoms with Crippen molar-refractivity contribution in [2.24, 2.45) is 5.73 Å². The molecule has 0 saturated heterocycles. The van der Waals surface area contributed by atoms with Crippen molar-refractivity contribution in [3.63, 3.8) is 0 Å². The monoisotopic (exact) mass is 198 g/mol. The molecular weight excluding hydrogens is 184 g/mol. The molecule has 76 valence electrons. The first-order chi connectivity index (χ1) is 7.27. The Hall–Kier alpha value is -1.67. The van der Waals surface area contributed by atoms with Crippen LogP contribution in [-0.2, 0) is 0 Å². The Morgan fingerprint density at radius 2 is 1.80 bits per heavy atom. The second kappa shape index (κ2) is 4.24. The van der Waals surface area contributed by atoms with E-state index in [0.29, 0.717) is 0 Å². The van der Waals surface area contributed by atoms with Crippen LogP contribution in [0.15, 0.2) is 48.8 Å². The summed E-state index contributed by atoms with van der Waals surface area (Å²) >= 11 is 0. The van der Waals surface area contributed by atoms with Gasteiger partial charge in [0.25, 0.3) is 0 Å². The van der Waals surface area contributed by atoms with Gasteiger partial charge in [-0.2, -0.15) is 0 Å². The molecule has 0 aliphatic carbocycles. The van der Waals surface area contributed by atoms with E-state index in [4.69, 9.17) is 5.73 Å². The van der Waals surface area contributed by atoms with Crippen LogP contribution in [-0.4, -0.2) is 4.98 Å². The fourth-order valence-corrected chi connectivity index (χ4v) is 1.55. The third-order valence-electron chi connectivity index (χ3n) is 2.43. The number of benzene rings is 1. The van der Waals surface area contributed by atoms with E-state index in [1.165, 1.54) is 11.1 Å². The average Bonchev–Trinajstić information content (AvgIpc) is 2.30. The van der Waals surface area contributed by atoms with E-state index in [0.717, 1.165) is 5.56 Å². The lowest BCUT2D eigenvalue weighted by Crippen LogP contribution is -2.04. The molecule has 0 fully saturated rings. The Kier molecular flexibility index (Phi) is 2.79. The van der Waals surface area contributed by atoms with Gasteiger partial charge in [-0.15, -0.1) is 0 Å². The largest absolute Gasteiger partial charge is 0.324 e. The van der Waals surface area contributed by atoms with Gasteiger partial charge in [-0.05, 0) is 41.8 Å². The third kappa shape index (κ3) is 2.22. The first kappa shape index (κ1) is 9.87. The summed E-state index contributed by atoms with van der Waals surface area (Å²) in [6, 6.07) is 12.4. The van der Waals surface area contributed by atoms with E-state index < -0.39 is 0 Å². The van der Waals surface area contributed by atoms with E-state index in [1.54, 1.807) is 12.4 Å². The predicted molar refractivity (Wildman–Crippen MR) is 62.3 cm³/mol. The van der Waals surface area contributed by atoms with E-state index in [1.807, 2.05) is 25.1 Å². The summed E-state index contributed by atoms with van der Waals surface area (Å²) < 4.78 is 0. The van der Waals surface area contributed by atoms with Crippen molar-refractivity contribution in [3.8, 4) is 11.1 Å². The quantitative estimate of drug-likeness (QED) is 0.805. The van der Waals surface area contributed by atoms with Crippen molar-refractivity contribution in [1.29, 1.82) is 0 Å². The van der Waals surface area contributed by atoms with Gasteiger partial charge < -0.3 is 5.73 Å². The predicted octanol–water partition coefficient (Wildman–Crippen LogP) is 2.77. The first-order valence-electron chi connectivity index (χ1n) is 5.03. The van der Waals surface area contributed by atoms with Crippen LogP contribution >= 0.6 is 0 Å². The van der Waals surface area contributed by atoms with Gasteiger partial charge in [0.05, 0.1) is 0 Å². The minimum absolute atomic E-state index is 0.0757. The van der Waals surface area contributed by atoms with Gasteiger partial charge >= 0.3 is 0 Å². The van der Waals surface area contributed by atoms with E-state index in [2.05, 4.69) is 23.2 Å². The SMILES string of the molecule is C[C@H](N)c1cccc(-c2ccncc2)c1. The van der Waals surface area contributed by atoms with E-state index in [9.17, 15) is 0 Å². The zero-order valence-corrected chi connectivity index (χ0v) is 8.72. The summed E-state index contributed by atoms with van der Waals surface area (Å²) in [5.74, 6) is 0. The summed E-state index contributed by atoms with van der Waals surface area (Å²) in [7, 11) is 0. The van der Waals surface area contributed by atoms with E-state index in [-0.39, 0.29) is 6.04 Å². The molecule has 1 aromatic carbocycles. The molecule has 0 saturated carbocycles. The zero-order chi connectivity index (χ0) is 10.7. The minimum atomic E-state index is 0.0757. The maximum atomic E-state index is 5.85. The molecule has 0 radical (unpaired) electrons. The second-order valence-electron chi connectivity index (χ2n) is 3.65. The molecule has 0 unspecified atom stereocenters. The highest BCUT2D eigenvalue weighted by molar-refractivity contribution is 5.63. The van der Waals surface area contributed by atoms with Gasteiger partial charge in [0.2, 0.25) is 0 Å². The fourth-order valence-electron chi connectivity index (χ4n) is 1.55. The maximum Gasteiger partial charge on any atom is 0.0273 e. The van der Waals surface area contributed by atoms with Crippen molar-refractivity contribution >= 4 is 0 Å². The third-order valence-corrected chi connectivity index (χ3v) is 2.43. The van der Waals surface area contributed by atoms with Crippen molar-refractivity contribution in [3.05, 3.63) is 54.4 Å². The number of aromatic nitrogens is 1. The molecule has 0 aliphatic heterocycles. The van der Waals surface area contributed by atoms with Gasteiger partial charge in [-0.25, -0.2) is 0 Å². The Labute approximate surface area is 89.8 Å². The summed E-state index contributed by atoms with van der Waals surface area (Å²) in [5, 5.41) is 0. The number of hydrogen-bond acceptors (Lipinski definition) is 2. The molecule has 2 rings (SSSR count). The molecule has 1 aromatic heterocycles. The number of hydrogen-bond donors (Lipinski definition) is 1. The van der Waals surface area contributed by atoms with Crippen molar-refractivity contribution in [2.45, 2.75) is 13.0 Å². The Balaban J connectivity index is 2.42. The van der Waals surface area contributed by atoms with Crippen LogP contribution in [0.25, 0.3) is 11.1 Å². The smallest absolute Gasteiger partial charge is 0.0273 e. The zero-order valence-electron chi connectivity index (χ0n) is 8.72. The summed E-state index contributed by atoms with van der Waals surface area (Å²) in [6.07, 6.45) is 3.60. The van der Waals surface area contributed by atoms with E-state index >= 15 is 0 Å². The number of nitrogens with two attached hydrogens (primary N) is 1. The minimum Gasteiger partial charge on any atom is -0.324 e. The highest BCUT2D eigenvalue weighted by Gasteiger charge is 2.01. The van der Waals surface area contributed by atoms with Crippen molar-refractivity contribution in [1.82, 2.24) is 4.98 Å². The molecular formula is C13H14N2. The fraction of sp³-hybridized carbons (Fsp3) is 0.154. The maximum absolute atomic E-state index is 5.85. The molecule has 0 aliphatic rings. The summed E-state index contributed by atoms with van der Waals surface area (Å²) in [5.41, 5.74) is 9.37. The number of pyridine rings is 1. The number of nitrogens with zero attached hydrogens (tertiary/aromatic N) is 1. The van der Waals surface area contributed by atoms with Crippen LogP contribution in [0.3, 0.4) is 0 Å². The van der Waals surface area contributed by atoms with Gasteiger partial charge in [0.15, 0.2) is 0 Å². The Bertz CT molecular complexity index is 435. The van der Waals surface area contributed by atoms with Crippen molar-refractivity contribution in [2.75, 3.05) is 0 Å². The van der Waals surface area contributed by atoms with Crippen LogP contribution in [0, 0.1) is 0 Å². The molecule has 1 atom stereocenters. The summed E-state index contributed by atoms with van der Waals surface area (Å²) in [6.45, 7) is 1.99. The highest BCUT2D eigenvalue weighted by Crippen LogP contribution is 2.21. The topological polar surface area (TPSA) is 38.9 Å². The normalized spacial score (nSPS) is 12.4. The highest BCUT2D eigenvalue weighted by atomic mass is 14.6. The molecule has 0 bridgehead atoms. The lowest BCUT2D eigenvalue weighted by atomic mass is 10.0. The van der Waals surface area contributed by atoms with Gasteiger partial charge in [0, 0.05) is 18.4 Å². The van der Waals surface area contributed by atoms with Crippen LogP contribution < -0.4 is 5.73 Å². The standard InChI is InChI=1S/C13H14N2/c1-10(14)12-3-2-4-13(9-12)11-5-7-15-8-6-11/h2-10H,14H2,1H3/t10-/m0/s1. The molecule has 0 amide bonds. The van der Waals surface area contributed by atoms with Crippen LogP contribution in [0.1, 0.15) is 18.5 Å². The van der Waals surface area contributed by atoms with Crippen LogP contribution in [0.2, 0.25) is 0 Å². The Morgan fingerprint density at radius 3 is 2.47 bits per heavy atom. The number of rotatable bonds is 2. The molecule has 2 N–H and O–H groups in total. The van der Waals surface area contributed by atoms with Crippen LogP contribution in [0.4, 0.5) is 0 Å². The lowest BCUT2D eigenvalue weighted by molar-refractivity contribution is 0.819. The molecule has 2 nitrogen and oxygen atoms in total. The molecule has 2 aromatic rings. The molecule has 2 heteroatoms.